The molecule has 0 spiro atoms. The number of piperidine rings is 1. The largest absolute Gasteiger partial charge is 0.351 e. The first-order valence-corrected chi connectivity index (χ1v) is 7.23. The average molecular weight is 252 g/mol. The Morgan fingerprint density at radius 1 is 1.53 bits per heavy atom. The van der Waals surface area contributed by atoms with Crippen molar-refractivity contribution in [2.75, 3.05) is 13.1 Å². The van der Waals surface area contributed by atoms with Crippen LogP contribution in [0.2, 0.25) is 0 Å². The minimum Gasteiger partial charge on any atom is -0.351 e. The second-order valence-corrected chi connectivity index (χ2v) is 5.47. The molecule has 0 radical (unpaired) electrons. The predicted molar refractivity (Wildman–Crippen MR) is 71.1 cm³/mol. The molecule has 0 aromatic carbocycles. The molecule has 2 N–H and O–H groups in total. The van der Waals surface area contributed by atoms with Crippen LogP contribution in [0.3, 0.4) is 0 Å². The maximum Gasteiger partial charge on any atom is 0.223 e. The zero-order valence-corrected chi connectivity index (χ0v) is 11.1. The Morgan fingerprint density at radius 2 is 2.29 bits per heavy atom. The van der Waals surface area contributed by atoms with E-state index >= 15 is 0 Å². The zero-order valence-electron chi connectivity index (χ0n) is 10.3. The zero-order chi connectivity index (χ0) is 12.1. The van der Waals surface area contributed by atoms with Gasteiger partial charge in [-0.05, 0) is 49.4 Å². The second kappa shape index (κ2) is 6.17. The molecular weight excluding hydrogens is 232 g/mol. The normalized spacial score (nSPS) is 17.0. The van der Waals surface area contributed by atoms with Crippen molar-refractivity contribution in [1.82, 2.24) is 10.6 Å². The van der Waals surface area contributed by atoms with Crippen molar-refractivity contribution in [3.8, 4) is 0 Å². The molecule has 1 amide bonds. The molecule has 17 heavy (non-hydrogen) atoms. The van der Waals surface area contributed by atoms with E-state index in [2.05, 4.69) is 29.0 Å². The topological polar surface area (TPSA) is 41.1 Å². The molecule has 1 aromatic heterocycles. The molecule has 1 aromatic rings. The van der Waals surface area contributed by atoms with E-state index in [1.165, 1.54) is 10.4 Å². The fourth-order valence-corrected chi connectivity index (χ4v) is 3.15. The van der Waals surface area contributed by atoms with Gasteiger partial charge in [0.2, 0.25) is 5.91 Å². The fraction of sp³-hybridized carbons (Fsp3) is 0.615. The van der Waals surface area contributed by atoms with Gasteiger partial charge in [-0.15, -0.1) is 11.3 Å². The average Bonchev–Trinajstić information content (AvgIpc) is 2.84. The second-order valence-electron chi connectivity index (χ2n) is 4.46. The summed E-state index contributed by atoms with van der Waals surface area (Å²) in [5.74, 6) is 0.434. The van der Waals surface area contributed by atoms with Crippen LogP contribution in [0.15, 0.2) is 11.4 Å². The first-order chi connectivity index (χ1) is 8.31. The van der Waals surface area contributed by atoms with E-state index < -0.39 is 0 Å². The van der Waals surface area contributed by atoms with E-state index in [1.807, 2.05) is 0 Å². The minimum absolute atomic E-state index is 0.210. The Kier molecular flexibility index (Phi) is 4.57. The number of hydrogen-bond donors (Lipinski definition) is 2. The van der Waals surface area contributed by atoms with Crippen molar-refractivity contribution in [3.63, 3.8) is 0 Å². The fourth-order valence-electron chi connectivity index (χ4n) is 2.23. The molecule has 0 atom stereocenters. The highest BCUT2D eigenvalue weighted by atomic mass is 32.1. The Morgan fingerprint density at radius 3 is 3.00 bits per heavy atom. The highest BCUT2D eigenvalue weighted by molar-refractivity contribution is 7.10. The van der Waals surface area contributed by atoms with Crippen LogP contribution in [-0.4, -0.2) is 19.0 Å². The smallest absolute Gasteiger partial charge is 0.223 e. The van der Waals surface area contributed by atoms with Crippen LogP contribution in [0.1, 0.15) is 30.2 Å². The van der Waals surface area contributed by atoms with E-state index in [4.69, 9.17) is 0 Å². The molecule has 94 valence electrons. The van der Waals surface area contributed by atoms with Gasteiger partial charge in [0.15, 0.2) is 0 Å². The molecule has 1 saturated heterocycles. The summed E-state index contributed by atoms with van der Waals surface area (Å²) in [5, 5.41) is 8.45. The Balaban J connectivity index is 1.83. The Hall–Kier alpha value is -0.870. The van der Waals surface area contributed by atoms with Crippen molar-refractivity contribution in [2.24, 2.45) is 5.92 Å². The summed E-state index contributed by atoms with van der Waals surface area (Å²) in [6, 6.07) is 2.15. The summed E-state index contributed by atoms with van der Waals surface area (Å²) in [6.07, 6.45) is 2.98. The number of thiophene rings is 1. The van der Waals surface area contributed by atoms with Gasteiger partial charge in [-0.3, -0.25) is 4.79 Å². The van der Waals surface area contributed by atoms with E-state index in [9.17, 15) is 4.79 Å². The van der Waals surface area contributed by atoms with Crippen LogP contribution in [-0.2, 0) is 17.8 Å². The molecule has 2 heterocycles. The van der Waals surface area contributed by atoms with Crippen molar-refractivity contribution in [2.45, 2.75) is 32.7 Å². The molecule has 1 fully saturated rings. The minimum atomic E-state index is 0.210. The van der Waals surface area contributed by atoms with Gasteiger partial charge in [0.25, 0.3) is 0 Å². The summed E-state index contributed by atoms with van der Waals surface area (Å²) >= 11 is 1.74. The van der Waals surface area contributed by atoms with E-state index in [-0.39, 0.29) is 11.8 Å². The van der Waals surface area contributed by atoms with Crippen molar-refractivity contribution < 1.29 is 4.79 Å². The Bertz CT molecular complexity index is 369. The molecular formula is C13H20N2OS. The lowest BCUT2D eigenvalue weighted by atomic mass is 9.97. The van der Waals surface area contributed by atoms with Crippen LogP contribution in [0, 0.1) is 5.92 Å². The third-order valence-electron chi connectivity index (χ3n) is 3.35. The van der Waals surface area contributed by atoms with Crippen LogP contribution < -0.4 is 10.6 Å². The third kappa shape index (κ3) is 3.30. The van der Waals surface area contributed by atoms with Crippen LogP contribution in [0.5, 0.6) is 0 Å². The number of carbonyl (C=O) groups excluding carboxylic acids is 1. The SMILES string of the molecule is CCc1ccsc1CNC(=O)C1CCNCC1. The first-order valence-electron chi connectivity index (χ1n) is 6.35. The lowest BCUT2D eigenvalue weighted by Crippen LogP contribution is -2.37. The number of rotatable bonds is 4. The number of amides is 1. The molecule has 1 aliphatic heterocycles. The summed E-state index contributed by atoms with van der Waals surface area (Å²) in [7, 11) is 0. The molecule has 3 nitrogen and oxygen atoms in total. The Labute approximate surface area is 107 Å². The number of carbonyl (C=O) groups is 1. The molecule has 4 heteroatoms. The van der Waals surface area contributed by atoms with Crippen molar-refractivity contribution in [1.29, 1.82) is 0 Å². The summed E-state index contributed by atoms with van der Waals surface area (Å²) in [4.78, 5) is 13.3. The van der Waals surface area contributed by atoms with Crippen molar-refractivity contribution >= 4 is 17.2 Å². The molecule has 2 rings (SSSR count). The van der Waals surface area contributed by atoms with Gasteiger partial charge in [-0.1, -0.05) is 6.92 Å². The van der Waals surface area contributed by atoms with Crippen LogP contribution >= 0.6 is 11.3 Å². The van der Waals surface area contributed by atoms with Gasteiger partial charge in [0.05, 0.1) is 6.54 Å². The van der Waals surface area contributed by atoms with E-state index in [0.29, 0.717) is 6.54 Å². The number of hydrogen-bond acceptors (Lipinski definition) is 3. The van der Waals surface area contributed by atoms with E-state index in [1.54, 1.807) is 11.3 Å². The molecule has 0 saturated carbocycles. The number of aryl methyl sites for hydroxylation is 1. The predicted octanol–water partition coefficient (Wildman–Crippen LogP) is 1.93. The maximum atomic E-state index is 12.0. The summed E-state index contributed by atoms with van der Waals surface area (Å²) in [5.41, 5.74) is 1.36. The van der Waals surface area contributed by atoms with E-state index in [0.717, 1.165) is 32.4 Å². The monoisotopic (exact) mass is 252 g/mol. The van der Waals surface area contributed by atoms with Gasteiger partial charge in [-0.25, -0.2) is 0 Å². The van der Waals surface area contributed by atoms with Crippen LogP contribution in [0.25, 0.3) is 0 Å². The molecule has 0 unspecified atom stereocenters. The van der Waals surface area contributed by atoms with Crippen LogP contribution in [0.4, 0.5) is 0 Å². The third-order valence-corrected chi connectivity index (χ3v) is 4.31. The highest BCUT2D eigenvalue weighted by Crippen LogP contribution is 2.18. The van der Waals surface area contributed by atoms with Crippen molar-refractivity contribution in [3.05, 3.63) is 21.9 Å². The number of nitrogens with one attached hydrogen (secondary N) is 2. The first kappa shape index (κ1) is 12.6. The summed E-state index contributed by atoms with van der Waals surface area (Å²) in [6.45, 7) is 4.79. The highest BCUT2D eigenvalue weighted by Gasteiger charge is 2.20. The summed E-state index contributed by atoms with van der Waals surface area (Å²) < 4.78 is 0. The van der Waals surface area contributed by atoms with Gasteiger partial charge < -0.3 is 10.6 Å². The standard InChI is InChI=1S/C13H20N2OS/c1-2-10-5-8-17-12(10)9-15-13(16)11-3-6-14-7-4-11/h5,8,11,14H,2-4,6-7,9H2,1H3,(H,15,16). The lowest BCUT2D eigenvalue weighted by molar-refractivity contribution is -0.125. The maximum absolute atomic E-state index is 12.0. The lowest BCUT2D eigenvalue weighted by Gasteiger charge is -2.21. The van der Waals surface area contributed by atoms with Gasteiger partial charge in [0, 0.05) is 10.8 Å². The molecule has 0 bridgehead atoms. The quantitative estimate of drug-likeness (QED) is 0.859. The van der Waals surface area contributed by atoms with Gasteiger partial charge >= 0.3 is 0 Å². The molecule has 1 aliphatic rings. The van der Waals surface area contributed by atoms with Gasteiger partial charge in [-0.2, -0.15) is 0 Å². The van der Waals surface area contributed by atoms with Gasteiger partial charge in [0.1, 0.15) is 0 Å². The molecule has 0 aliphatic carbocycles.